The van der Waals surface area contributed by atoms with Crippen LogP contribution in [0.3, 0.4) is 0 Å². The Kier molecular flexibility index (Phi) is 8.46. The number of ether oxygens (including phenoxy) is 3. The van der Waals surface area contributed by atoms with Crippen LogP contribution in [0.1, 0.15) is 28.5 Å². The number of hydrogen-bond acceptors (Lipinski definition) is 9. The number of alkyl halides is 3. The molecule has 0 saturated carbocycles. The third kappa shape index (κ3) is 6.10. The first-order valence-electron chi connectivity index (χ1n) is 11.5. The smallest absolute Gasteiger partial charge is 0.420 e. The summed E-state index contributed by atoms with van der Waals surface area (Å²) in [6.45, 7) is 1.08. The number of carbonyl (C=O) groups is 2. The molecule has 0 bridgehead atoms. The van der Waals surface area contributed by atoms with Gasteiger partial charge in [0.25, 0.3) is 15.9 Å². The molecule has 1 aromatic heterocycles. The topological polar surface area (TPSA) is 124 Å². The maximum atomic E-state index is 14.1. The van der Waals surface area contributed by atoms with E-state index in [1.807, 2.05) is 0 Å². The first kappa shape index (κ1) is 29.4. The molecule has 1 N–H and O–H groups in total. The van der Waals surface area contributed by atoms with Crippen LogP contribution < -0.4 is 19.1 Å². The van der Waals surface area contributed by atoms with Crippen molar-refractivity contribution in [3.05, 3.63) is 57.6 Å². The van der Waals surface area contributed by atoms with Gasteiger partial charge < -0.3 is 14.2 Å². The second-order valence-electron chi connectivity index (χ2n) is 8.17. The number of fused-ring (bicyclic) bond motifs is 1. The number of halogens is 4. The molecule has 4 rings (SSSR count). The van der Waals surface area contributed by atoms with Crippen molar-refractivity contribution in [3.8, 4) is 11.5 Å². The summed E-state index contributed by atoms with van der Waals surface area (Å²) in [5, 5.41) is 3.94. The predicted molar refractivity (Wildman–Crippen MR) is 140 cm³/mol. The highest BCUT2D eigenvalue weighted by molar-refractivity contribution is 7.93. The molecule has 0 aliphatic carbocycles. The Balaban J connectivity index is 1.74. The van der Waals surface area contributed by atoms with Gasteiger partial charge >= 0.3 is 12.1 Å². The van der Waals surface area contributed by atoms with Crippen molar-refractivity contribution in [1.29, 1.82) is 0 Å². The van der Waals surface area contributed by atoms with Crippen molar-refractivity contribution < 1.29 is 45.4 Å². The lowest BCUT2D eigenvalue weighted by molar-refractivity contribution is -0.142. The van der Waals surface area contributed by atoms with Gasteiger partial charge in [0.2, 0.25) is 0 Å². The van der Waals surface area contributed by atoms with Crippen molar-refractivity contribution in [2.45, 2.75) is 24.4 Å². The minimum atomic E-state index is -4.99. The van der Waals surface area contributed by atoms with Crippen molar-refractivity contribution >= 4 is 55.7 Å². The second-order valence-corrected chi connectivity index (χ2v) is 11.3. The van der Waals surface area contributed by atoms with Gasteiger partial charge in [-0.2, -0.15) is 13.2 Å². The van der Waals surface area contributed by atoms with Gasteiger partial charge in [0.1, 0.15) is 22.8 Å². The van der Waals surface area contributed by atoms with Crippen molar-refractivity contribution in [1.82, 2.24) is 4.98 Å². The molecule has 0 spiro atoms. The third-order valence-corrected chi connectivity index (χ3v) is 8.42. The summed E-state index contributed by atoms with van der Waals surface area (Å²) in [4.78, 5) is 28.4. The number of amides is 1. The molecule has 0 atom stereocenters. The van der Waals surface area contributed by atoms with Gasteiger partial charge in [0, 0.05) is 16.0 Å². The molecule has 1 aliphatic heterocycles. The van der Waals surface area contributed by atoms with E-state index < -0.39 is 50.6 Å². The van der Waals surface area contributed by atoms with Gasteiger partial charge in [-0.1, -0.05) is 11.6 Å². The molecule has 2 heterocycles. The number of hydrogen-bond donors (Lipinski definition) is 1. The summed E-state index contributed by atoms with van der Waals surface area (Å²) in [6.07, 6.45) is -5.15. The number of carbonyl (C=O) groups excluding carboxylic acids is 2. The van der Waals surface area contributed by atoms with Crippen LogP contribution >= 0.6 is 22.9 Å². The van der Waals surface area contributed by atoms with E-state index in [-0.39, 0.29) is 47.0 Å². The number of thiazole rings is 1. The standard InChI is InChI=1S/C24H21ClF3N3O7S2/c1-3-37-20(32)11-15-12-39-23(29-15)30-22(33)13-8-16(24(26,27)28)21-17(9-13)31(6-7-38-21)40(34,35)19-10-14(25)4-5-18(19)36-2/h4-5,8-10,12H,3,6-7,11H2,1-2H3,(H,29,30,33). The van der Waals surface area contributed by atoms with E-state index >= 15 is 0 Å². The van der Waals surface area contributed by atoms with E-state index in [0.29, 0.717) is 16.1 Å². The average molecular weight is 620 g/mol. The monoisotopic (exact) mass is 619 g/mol. The highest BCUT2D eigenvalue weighted by atomic mass is 35.5. The molecule has 16 heteroatoms. The van der Waals surface area contributed by atoms with Crippen LogP contribution in [0.2, 0.25) is 5.02 Å². The predicted octanol–water partition coefficient (Wildman–Crippen LogP) is 4.77. The lowest BCUT2D eigenvalue weighted by Gasteiger charge is -2.32. The largest absolute Gasteiger partial charge is 0.495 e. The van der Waals surface area contributed by atoms with Gasteiger partial charge in [0.15, 0.2) is 10.9 Å². The molecule has 2 aromatic carbocycles. The molecule has 0 unspecified atom stereocenters. The molecule has 0 saturated heterocycles. The Bertz CT molecular complexity index is 1560. The summed E-state index contributed by atoms with van der Waals surface area (Å²) in [7, 11) is -3.29. The molecule has 10 nitrogen and oxygen atoms in total. The normalized spacial score (nSPS) is 13.3. The maximum Gasteiger partial charge on any atom is 0.420 e. The number of aromatic nitrogens is 1. The SMILES string of the molecule is CCOC(=O)Cc1csc(NC(=O)c2cc3c(c(C(F)(F)F)c2)OCCN3S(=O)(=O)c2cc(Cl)ccc2OC)n1. The van der Waals surface area contributed by atoms with Gasteiger partial charge in [-0.25, -0.2) is 13.4 Å². The molecule has 3 aromatic rings. The molecule has 1 amide bonds. The second kappa shape index (κ2) is 11.5. The van der Waals surface area contributed by atoms with Crippen LogP contribution in [0.15, 0.2) is 40.6 Å². The Morgan fingerprint density at radius 1 is 1.25 bits per heavy atom. The van der Waals surface area contributed by atoms with E-state index in [0.717, 1.165) is 23.5 Å². The zero-order valence-electron chi connectivity index (χ0n) is 20.9. The fourth-order valence-corrected chi connectivity index (χ4v) is 6.41. The summed E-state index contributed by atoms with van der Waals surface area (Å²) in [5.74, 6) is -2.35. The molecule has 0 radical (unpaired) electrons. The molecule has 214 valence electrons. The van der Waals surface area contributed by atoms with Crippen LogP contribution in [0.25, 0.3) is 0 Å². The summed E-state index contributed by atoms with van der Waals surface area (Å²) in [5.41, 5.74) is -2.04. The molecule has 0 fully saturated rings. The highest BCUT2D eigenvalue weighted by Crippen LogP contribution is 2.46. The Morgan fingerprint density at radius 3 is 2.67 bits per heavy atom. The van der Waals surface area contributed by atoms with Crippen molar-refractivity contribution in [2.75, 3.05) is 36.5 Å². The summed E-state index contributed by atoms with van der Waals surface area (Å²) >= 11 is 6.95. The zero-order chi connectivity index (χ0) is 29.2. The first-order valence-corrected chi connectivity index (χ1v) is 14.2. The van der Waals surface area contributed by atoms with E-state index in [4.69, 9.17) is 25.8 Å². The molecular weight excluding hydrogens is 599 g/mol. The van der Waals surface area contributed by atoms with Crippen LogP contribution in [0.4, 0.5) is 24.0 Å². The average Bonchev–Trinajstić information content (AvgIpc) is 3.33. The van der Waals surface area contributed by atoms with Gasteiger partial charge in [0.05, 0.1) is 38.1 Å². The quantitative estimate of drug-likeness (QED) is 0.358. The number of rotatable bonds is 8. The maximum absolute atomic E-state index is 14.1. The fraction of sp³-hybridized carbons (Fsp3) is 0.292. The minimum absolute atomic E-state index is 0.0139. The van der Waals surface area contributed by atoms with E-state index in [9.17, 15) is 31.2 Å². The highest BCUT2D eigenvalue weighted by Gasteiger charge is 2.41. The van der Waals surface area contributed by atoms with Crippen molar-refractivity contribution in [2.24, 2.45) is 0 Å². The molecule has 1 aliphatic rings. The van der Waals surface area contributed by atoms with E-state index in [2.05, 4.69) is 10.3 Å². The van der Waals surface area contributed by atoms with Crippen LogP contribution in [0, 0.1) is 0 Å². The summed E-state index contributed by atoms with van der Waals surface area (Å²) in [6, 6.07) is 5.38. The van der Waals surface area contributed by atoms with E-state index in [1.165, 1.54) is 24.6 Å². The van der Waals surface area contributed by atoms with Crippen LogP contribution in [0.5, 0.6) is 11.5 Å². The Morgan fingerprint density at radius 2 is 2.00 bits per heavy atom. The lowest BCUT2D eigenvalue weighted by Crippen LogP contribution is -2.39. The lowest BCUT2D eigenvalue weighted by atomic mass is 10.1. The number of nitrogens with one attached hydrogen (secondary N) is 1. The number of esters is 1. The van der Waals surface area contributed by atoms with Gasteiger partial charge in [-0.05, 0) is 37.3 Å². The Labute approximate surface area is 235 Å². The van der Waals surface area contributed by atoms with Crippen molar-refractivity contribution in [3.63, 3.8) is 0 Å². The number of methoxy groups -OCH3 is 1. The fourth-order valence-electron chi connectivity index (χ4n) is 3.84. The molecule has 40 heavy (non-hydrogen) atoms. The third-order valence-electron chi connectivity index (χ3n) is 5.54. The van der Waals surface area contributed by atoms with E-state index in [1.54, 1.807) is 6.92 Å². The van der Waals surface area contributed by atoms with Crippen LogP contribution in [-0.2, 0) is 32.2 Å². The number of nitrogens with zero attached hydrogens (tertiary/aromatic N) is 2. The Hall–Kier alpha value is -3.56. The molecular formula is C24H21ClF3N3O7S2. The van der Waals surface area contributed by atoms with Gasteiger partial charge in [-0.3, -0.25) is 19.2 Å². The van der Waals surface area contributed by atoms with Gasteiger partial charge in [-0.15, -0.1) is 11.3 Å². The number of sulfonamides is 1. The number of benzene rings is 2. The zero-order valence-corrected chi connectivity index (χ0v) is 23.3. The first-order chi connectivity index (χ1) is 18.8. The van der Waals surface area contributed by atoms with Crippen LogP contribution in [-0.4, -0.2) is 52.1 Å². The number of anilines is 2. The summed E-state index contributed by atoms with van der Waals surface area (Å²) < 4.78 is 85.5. The minimum Gasteiger partial charge on any atom is -0.495 e.